The first-order chi connectivity index (χ1) is 13.7. The van der Waals surface area contributed by atoms with Gasteiger partial charge in [0.1, 0.15) is 30.5 Å². The van der Waals surface area contributed by atoms with Gasteiger partial charge in [-0.15, -0.1) is 0 Å². The van der Waals surface area contributed by atoms with Crippen LogP contribution in [0.2, 0.25) is 0 Å². The number of nitrogens with zero attached hydrogens (tertiary/aromatic N) is 5. The average molecular weight is 423 g/mol. The predicted molar refractivity (Wildman–Crippen MR) is 98.8 cm³/mol. The number of nitrogens with one attached hydrogen (secondary N) is 1. The van der Waals surface area contributed by atoms with Gasteiger partial charge in [-0.3, -0.25) is 0 Å². The standard InChI is InChI=1S/C17H20FN6O4S/c1-22-14-4-3-12(29(27,28)21-17(10-18)5-6-17)7-13(14)15(25)24(16(22)26)9-11-8-19-23(2)20-11/h3-4,7-8,13,21H,5-6,9-10H2,1-2H3/q+1. The van der Waals surface area contributed by atoms with Gasteiger partial charge in [-0.25, -0.2) is 22.3 Å². The van der Waals surface area contributed by atoms with Gasteiger partial charge in [0.15, 0.2) is 0 Å². The van der Waals surface area contributed by atoms with E-state index in [2.05, 4.69) is 14.9 Å². The predicted octanol–water partition coefficient (Wildman–Crippen LogP) is -0.148. The van der Waals surface area contributed by atoms with Crippen LogP contribution >= 0.6 is 0 Å². The number of carbonyl (C=O) groups excluding carboxylic acids is 2. The summed E-state index contributed by atoms with van der Waals surface area (Å²) in [5.74, 6) is -1.51. The Balaban J connectivity index is 1.65. The molecule has 0 aromatic carbocycles. The summed E-state index contributed by atoms with van der Waals surface area (Å²) in [7, 11) is -0.869. The van der Waals surface area contributed by atoms with Crippen LogP contribution in [0.1, 0.15) is 18.5 Å². The van der Waals surface area contributed by atoms with Gasteiger partial charge in [0.05, 0.1) is 23.7 Å². The second kappa shape index (κ2) is 6.66. The Hall–Kier alpha value is -2.73. The van der Waals surface area contributed by atoms with Gasteiger partial charge in [-0.05, 0) is 31.1 Å². The number of halogens is 1. The van der Waals surface area contributed by atoms with Crippen molar-refractivity contribution < 1.29 is 27.0 Å². The monoisotopic (exact) mass is 423 g/mol. The van der Waals surface area contributed by atoms with E-state index in [1.165, 1.54) is 40.8 Å². The smallest absolute Gasteiger partial charge is 0.249 e. The fourth-order valence-corrected chi connectivity index (χ4v) is 4.86. The van der Waals surface area contributed by atoms with Gasteiger partial charge in [0, 0.05) is 7.05 Å². The zero-order valence-corrected chi connectivity index (χ0v) is 16.7. The molecule has 2 aliphatic carbocycles. The Morgan fingerprint density at radius 3 is 2.66 bits per heavy atom. The molecule has 12 heteroatoms. The van der Waals surface area contributed by atoms with Gasteiger partial charge in [0.25, 0.3) is 0 Å². The number of amides is 3. The van der Waals surface area contributed by atoms with Crippen molar-refractivity contribution in [3.05, 3.63) is 35.0 Å². The summed E-state index contributed by atoms with van der Waals surface area (Å²) < 4.78 is 42.2. The van der Waals surface area contributed by atoms with Crippen molar-refractivity contribution in [1.29, 1.82) is 0 Å². The number of carbonyl (C=O) groups is 2. The molecule has 4 rings (SSSR count). The molecular formula is C17H20FN6O4S+. The van der Waals surface area contributed by atoms with Crippen molar-refractivity contribution in [3.8, 4) is 0 Å². The van der Waals surface area contributed by atoms with Gasteiger partial charge < -0.3 is 0 Å². The summed E-state index contributed by atoms with van der Waals surface area (Å²) in [5.41, 5.74) is -0.241. The molecule has 1 saturated carbocycles. The number of aromatic nitrogens is 3. The molecular weight excluding hydrogens is 403 g/mol. The van der Waals surface area contributed by atoms with E-state index >= 15 is 0 Å². The number of allylic oxidation sites excluding steroid dienone is 2. The minimum Gasteiger partial charge on any atom is -0.249 e. The highest BCUT2D eigenvalue weighted by atomic mass is 32.2. The molecule has 0 bridgehead atoms. The van der Waals surface area contributed by atoms with E-state index in [0.717, 1.165) is 4.90 Å². The van der Waals surface area contributed by atoms with Crippen molar-refractivity contribution in [2.45, 2.75) is 24.9 Å². The molecule has 154 valence electrons. The maximum Gasteiger partial charge on any atom is 0.501 e. The number of urea groups is 1. The van der Waals surface area contributed by atoms with E-state index in [9.17, 15) is 22.4 Å². The van der Waals surface area contributed by atoms with Crippen LogP contribution in [0.15, 0.2) is 29.3 Å². The maximum atomic E-state index is 13.1. The van der Waals surface area contributed by atoms with Crippen LogP contribution in [0.3, 0.4) is 0 Å². The first kappa shape index (κ1) is 19.6. The molecule has 1 aromatic rings. The van der Waals surface area contributed by atoms with Crippen molar-refractivity contribution in [2.75, 3.05) is 13.7 Å². The van der Waals surface area contributed by atoms with Gasteiger partial charge >= 0.3 is 11.9 Å². The third kappa shape index (κ3) is 3.42. The number of sulfonamides is 1. The van der Waals surface area contributed by atoms with Crippen molar-refractivity contribution in [2.24, 2.45) is 13.0 Å². The highest BCUT2D eigenvalue weighted by Crippen LogP contribution is 2.37. The van der Waals surface area contributed by atoms with Crippen LogP contribution < -0.4 is 4.72 Å². The topological polar surface area (TPSA) is 117 Å². The quantitative estimate of drug-likeness (QED) is 0.636. The van der Waals surface area contributed by atoms with Crippen LogP contribution in [0.4, 0.5) is 9.18 Å². The largest absolute Gasteiger partial charge is 0.501 e. The molecule has 1 unspecified atom stereocenters. The Bertz CT molecular complexity index is 1100. The average Bonchev–Trinajstić information content (AvgIpc) is 3.33. The first-order valence-corrected chi connectivity index (χ1v) is 10.5. The number of fused-ring (bicyclic) bond motifs is 1. The van der Waals surface area contributed by atoms with Crippen molar-refractivity contribution in [1.82, 2.24) is 24.6 Å². The lowest BCUT2D eigenvalue weighted by Gasteiger charge is -2.26. The molecule has 3 amide bonds. The van der Waals surface area contributed by atoms with Crippen LogP contribution in [0.25, 0.3) is 0 Å². The zero-order valence-electron chi connectivity index (χ0n) is 15.9. The summed E-state index contributed by atoms with van der Waals surface area (Å²) in [4.78, 5) is 27.8. The maximum absolute atomic E-state index is 13.1. The van der Waals surface area contributed by atoms with Crippen molar-refractivity contribution >= 4 is 27.7 Å². The molecule has 1 atom stereocenters. The molecule has 1 aliphatic heterocycles. The third-order valence-corrected chi connectivity index (χ3v) is 6.84. The van der Waals surface area contributed by atoms with E-state index in [4.69, 9.17) is 0 Å². The van der Waals surface area contributed by atoms with Crippen LogP contribution in [-0.2, 0) is 28.4 Å². The molecule has 0 saturated heterocycles. The highest BCUT2D eigenvalue weighted by Gasteiger charge is 2.49. The number of hydrogen-bond donors (Lipinski definition) is 1. The van der Waals surface area contributed by atoms with Gasteiger partial charge in [-0.1, -0.05) is 0 Å². The van der Waals surface area contributed by atoms with Crippen LogP contribution in [0.5, 0.6) is 0 Å². The number of alkyl halides is 1. The molecule has 10 nitrogen and oxygen atoms in total. The molecule has 1 fully saturated rings. The van der Waals surface area contributed by atoms with E-state index < -0.39 is 40.1 Å². The number of imide groups is 1. The SMILES string of the molecule is Cn1ncc(CN2C(=O)C3C=C(S(=O)(=O)NC4(CF)CC4)C=CC3=[N+](C)C2=O)n1. The van der Waals surface area contributed by atoms with E-state index in [1.807, 2.05) is 0 Å². The second-order valence-corrected chi connectivity index (χ2v) is 9.10. The number of aryl methyl sites for hydroxylation is 1. The van der Waals surface area contributed by atoms with E-state index in [0.29, 0.717) is 24.2 Å². The summed E-state index contributed by atoms with van der Waals surface area (Å²) >= 11 is 0. The molecule has 0 spiro atoms. The minimum absolute atomic E-state index is 0.0809. The normalized spacial score (nSPS) is 23.3. The van der Waals surface area contributed by atoms with Gasteiger partial charge in [0.2, 0.25) is 10.0 Å². The number of hydrogen-bond acceptors (Lipinski definition) is 6. The Morgan fingerprint density at radius 2 is 2.07 bits per heavy atom. The summed E-state index contributed by atoms with van der Waals surface area (Å²) in [6, 6.07) is -0.538. The molecule has 1 aromatic heterocycles. The summed E-state index contributed by atoms with van der Waals surface area (Å²) in [5, 5.41) is 8.00. The molecule has 2 heterocycles. The van der Waals surface area contributed by atoms with Gasteiger partial charge in [-0.2, -0.15) is 29.3 Å². The lowest BCUT2D eigenvalue weighted by Crippen LogP contribution is -2.53. The lowest BCUT2D eigenvalue weighted by molar-refractivity contribution is -0.406. The summed E-state index contributed by atoms with van der Waals surface area (Å²) in [6.07, 6.45) is 6.36. The molecule has 3 aliphatic rings. The first-order valence-electron chi connectivity index (χ1n) is 8.97. The summed E-state index contributed by atoms with van der Waals surface area (Å²) in [6.45, 7) is -0.867. The Labute approximate surface area is 166 Å². The van der Waals surface area contributed by atoms with Crippen LogP contribution in [0, 0.1) is 5.92 Å². The Kier molecular flexibility index (Phi) is 4.50. The molecule has 1 N–H and O–H groups in total. The minimum atomic E-state index is -4.00. The second-order valence-electron chi connectivity index (χ2n) is 7.42. The molecule has 29 heavy (non-hydrogen) atoms. The van der Waals surface area contributed by atoms with E-state index in [1.54, 1.807) is 7.05 Å². The van der Waals surface area contributed by atoms with E-state index in [-0.39, 0.29) is 11.4 Å². The fourth-order valence-electron chi connectivity index (χ4n) is 3.35. The Morgan fingerprint density at radius 1 is 1.34 bits per heavy atom. The lowest BCUT2D eigenvalue weighted by atomic mass is 9.94. The molecule has 0 radical (unpaired) electrons. The van der Waals surface area contributed by atoms with Crippen molar-refractivity contribution in [3.63, 3.8) is 0 Å². The third-order valence-electron chi connectivity index (χ3n) is 5.24. The van der Waals surface area contributed by atoms with Crippen LogP contribution in [-0.4, -0.2) is 69.8 Å². The highest BCUT2D eigenvalue weighted by molar-refractivity contribution is 7.93. The fraction of sp³-hybridized carbons (Fsp3) is 0.471. The number of rotatable bonds is 6. The zero-order chi connectivity index (χ0) is 21.0.